The lowest BCUT2D eigenvalue weighted by atomic mass is 10.1. The first kappa shape index (κ1) is 16.9. The number of Topliss-reactive ketones (excluding diaryl/α,β-unsaturated/α-hetero) is 3. The molecule has 0 spiro atoms. The zero-order valence-electron chi connectivity index (χ0n) is 11.3. The Morgan fingerprint density at radius 2 is 1.50 bits per heavy atom. The minimum Gasteiger partial charge on any atom is -0.324 e. The van der Waals surface area contributed by atoms with Gasteiger partial charge >= 0.3 is 0 Å². The molecular weight excluding hydrogens is 234 g/mol. The van der Waals surface area contributed by atoms with Gasteiger partial charge in [-0.05, 0) is 13.8 Å². The Hall–Kier alpha value is -1.11. The number of carbonyl (C=O) groups excluding carboxylic acids is 3. The van der Waals surface area contributed by atoms with Crippen LogP contribution in [-0.4, -0.2) is 49.1 Å². The molecule has 0 heterocycles. The monoisotopic (exact) mass is 257 g/mol. The highest BCUT2D eigenvalue weighted by atomic mass is 16.1. The molecule has 2 atom stereocenters. The molecule has 0 radical (unpaired) electrons. The summed E-state index contributed by atoms with van der Waals surface area (Å²) >= 11 is 0. The van der Waals surface area contributed by atoms with Crippen LogP contribution in [0.3, 0.4) is 0 Å². The lowest BCUT2D eigenvalue weighted by molar-refractivity contribution is -0.121. The third kappa shape index (κ3) is 6.58. The highest BCUT2D eigenvalue weighted by Crippen LogP contribution is 1.91. The average molecular weight is 257 g/mol. The molecule has 2 unspecified atom stereocenters. The third-order valence-electron chi connectivity index (χ3n) is 2.73. The van der Waals surface area contributed by atoms with E-state index in [1.807, 2.05) is 0 Å². The summed E-state index contributed by atoms with van der Waals surface area (Å²) in [5, 5.41) is 5.66. The van der Waals surface area contributed by atoms with Crippen LogP contribution < -0.4 is 16.4 Å². The van der Waals surface area contributed by atoms with E-state index in [0.717, 1.165) is 0 Å². The van der Waals surface area contributed by atoms with E-state index in [1.165, 1.54) is 0 Å². The molecule has 104 valence electrons. The van der Waals surface area contributed by atoms with Crippen molar-refractivity contribution in [3.05, 3.63) is 0 Å². The SMILES string of the molecule is CCC(=O)C(C)NCC(=O)C(C)NCC(=O)CN. The molecule has 6 nitrogen and oxygen atoms in total. The van der Waals surface area contributed by atoms with Gasteiger partial charge in [-0.25, -0.2) is 0 Å². The molecule has 0 aromatic rings. The zero-order chi connectivity index (χ0) is 14.1. The van der Waals surface area contributed by atoms with Gasteiger partial charge in [0, 0.05) is 6.42 Å². The molecule has 0 rings (SSSR count). The molecule has 0 aliphatic carbocycles. The van der Waals surface area contributed by atoms with Crippen molar-refractivity contribution >= 4 is 17.3 Å². The van der Waals surface area contributed by atoms with Crippen LogP contribution >= 0.6 is 0 Å². The van der Waals surface area contributed by atoms with Crippen molar-refractivity contribution in [3.63, 3.8) is 0 Å². The fraction of sp³-hybridized carbons (Fsp3) is 0.750. The molecule has 0 aromatic heterocycles. The molecule has 0 fully saturated rings. The Morgan fingerprint density at radius 3 is 2.00 bits per heavy atom. The fourth-order valence-corrected chi connectivity index (χ4v) is 1.28. The van der Waals surface area contributed by atoms with Gasteiger partial charge in [-0.1, -0.05) is 6.92 Å². The number of nitrogens with two attached hydrogens (primary N) is 1. The van der Waals surface area contributed by atoms with Gasteiger partial charge in [0.25, 0.3) is 0 Å². The predicted octanol–water partition coefficient (Wildman–Crippen LogP) is -0.981. The van der Waals surface area contributed by atoms with Gasteiger partial charge in [0.2, 0.25) is 0 Å². The van der Waals surface area contributed by atoms with Gasteiger partial charge < -0.3 is 16.4 Å². The fourth-order valence-electron chi connectivity index (χ4n) is 1.28. The molecule has 0 saturated carbocycles. The maximum Gasteiger partial charge on any atom is 0.163 e. The maximum absolute atomic E-state index is 11.7. The number of hydrogen-bond acceptors (Lipinski definition) is 6. The second-order valence-electron chi connectivity index (χ2n) is 4.23. The zero-order valence-corrected chi connectivity index (χ0v) is 11.3. The molecule has 0 aliphatic heterocycles. The molecule has 0 aliphatic rings. The summed E-state index contributed by atoms with van der Waals surface area (Å²) in [4.78, 5) is 34.0. The van der Waals surface area contributed by atoms with Gasteiger partial charge in [-0.2, -0.15) is 0 Å². The molecule has 0 saturated heterocycles. The third-order valence-corrected chi connectivity index (χ3v) is 2.73. The lowest BCUT2D eigenvalue weighted by Gasteiger charge is -2.15. The van der Waals surface area contributed by atoms with Crippen molar-refractivity contribution in [1.29, 1.82) is 0 Å². The topological polar surface area (TPSA) is 101 Å². The number of rotatable bonds is 10. The first-order valence-corrected chi connectivity index (χ1v) is 6.16. The minimum atomic E-state index is -0.433. The number of hydrogen-bond donors (Lipinski definition) is 3. The largest absolute Gasteiger partial charge is 0.324 e. The van der Waals surface area contributed by atoms with Crippen LogP contribution in [0.1, 0.15) is 27.2 Å². The van der Waals surface area contributed by atoms with Crippen LogP contribution in [0.25, 0.3) is 0 Å². The van der Waals surface area contributed by atoms with E-state index in [9.17, 15) is 14.4 Å². The summed E-state index contributed by atoms with van der Waals surface area (Å²) in [6.07, 6.45) is 0.446. The van der Waals surface area contributed by atoms with E-state index < -0.39 is 6.04 Å². The van der Waals surface area contributed by atoms with Gasteiger partial charge in [0.15, 0.2) is 11.6 Å². The first-order chi connectivity index (χ1) is 8.42. The van der Waals surface area contributed by atoms with Crippen molar-refractivity contribution < 1.29 is 14.4 Å². The molecular formula is C12H23N3O3. The second kappa shape index (κ2) is 8.91. The van der Waals surface area contributed by atoms with Crippen LogP contribution in [0.5, 0.6) is 0 Å². The van der Waals surface area contributed by atoms with Crippen LogP contribution in [0.15, 0.2) is 0 Å². The Morgan fingerprint density at radius 1 is 1.00 bits per heavy atom. The van der Waals surface area contributed by atoms with Gasteiger partial charge in [-0.15, -0.1) is 0 Å². The van der Waals surface area contributed by atoms with E-state index in [1.54, 1.807) is 20.8 Å². The van der Waals surface area contributed by atoms with Gasteiger partial charge in [-0.3, -0.25) is 14.4 Å². The highest BCUT2D eigenvalue weighted by Gasteiger charge is 2.16. The van der Waals surface area contributed by atoms with E-state index >= 15 is 0 Å². The molecule has 0 amide bonds. The van der Waals surface area contributed by atoms with Crippen molar-refractivity contribution in [3.8, 4) is 0 Å². The van der Waals surface area contributed by atoms with Crippen LogP contribution in [0.4, 0.5) is 0 Å². The summed E-state index contributed by atoms with van der Waals surface area (Å²) in [5.41, 5.74) is 5.16. The van der Waals surface area contributed by atoms with Crippen molar-refractivity contribution in [2.45, 2.75) is 39.3 Å². The Kier molecular flexibility index (Phi) is 8.36. The van der Waals surface area contributed by atoms with E-state index in [-0.39, 0.29) is 43.0 Å². The smallest absolute Gasteiger partial charge is 0.163 e. The number of carbonyl (C=O) groups is 3. The van der Waals surface area contributed by atoms with Crippen LogP contribution in [0, 0.1) is 0 Å². The highest BCUT2D eigenvalue weighted by molar-refractivity contribution is 5.88. The van der Waals surface area contributed by atoms with Crippen LogP contribution in [-0.2, 0) is 14.4 Å². The maximum atomic E-state index is 11.7. The van der Waals surface area contributed by atoms with Crippen molar-refractivity contribution in [1.82, 2.24) is 10.6 Å². The lowest BCUT2D eigenvalue weighted by Crippen LogP contribution is -2.45. The van der Waals surface area contributed by atoms with Gasteiger partial charge in [0.1, 0.15) is 5.78 Å². The van der Waals surface area contributed by atoms with Crippen molar-refractivity contribution in [2.75, 3.05) is 19.6 Å². The van der Waals surface area contributed by atoms with Gasteiger partial charge in [0.05, 0.1) is 31.7 Å². The molecule has 18 heavy (non-hydrogen) atoms. The normalized spacial score (nSPS) is 14.0. The summed E-state index contributed by atoms with van der Waals surface area (Å²) in [6.45, 7) is 5.36. The quantitative estimate of drug-likeness (QED) is 0.465. The summed E-state index contributed by atoms with van der Waals surface area (Å²) in [6, 6.07) is -0.756. The van der Waals surface area contributed by atoms with E-state index in [4.69, 9.17) is 5.73 Å². The van der Waals surface area contributed by atoms with Crippen molar-refractivity contribution in [2.24, 2.45) is 5.73 Å². The molecule has 0 aromatic carbocycles. The minimum absolute atomic E-state index is 0.0335. The predicted molar refractivity (Wildman–Crippen MR) is 69.3 cm³/mol. The second-order valence-corrected chi connectivity index (χ2v) is 4.23. The average Bonchev–Trinajstić information content (AvgIpc) is 2.39. The standard InChI is InChI=1S/C12H23N3O3/c1-4-11(17)8(2)15-7-12(18)9(3)14-6-10(16)5-13/h8-9,14-15H,4-7,13H2,1-3H3. The van der Waals surface area contributed by atoms with E-state index in [0.29, 0.717) is 6.42 Å². The summed E-state index contributed by atoms with van der Waals surface area (Å²) in [5.74, 6) is -0.158. The summed E-state index contributed by atoms with van der Waals surface area (Å²) in [7, 11) is 0. The number of ketones is 3. The van der Waals surface area contributed by atoms with Crippen LogP contribution in [0.2, 0.25) is 0 Å². The summed E-state index contributed by atoms with van der Waals surface area (Å²) < 4.78 is 0. The molecule has 4 N–H and O–H groups in total. The Bertz CT molecular complexity index is 305. The molecule has 0 bridgehead atoms. The first-order valence-electron chi connectivity index (χ1n) is 6.16. The number of nitrogens with one attached hydrogen (secondary N) is 2. The van der Waals surface area contributed by atoms with E-state index in [2.05, 4.69) is 10.6 Å². The Labute approximate surface area is 108 Å². The molecule has 6 heteroatoms. The Balaban J connectivity index is 3.94.